The molecule has 1 aromatic carbocycles. The molecule has 0 bridgehead atoms. The minimum absolute atomic E-state index is 0.00115. The van der Waals surface area contributed by atoms with E-state index in [1.165, 1.54) is 18.5 Å². The second kappa shape index (κ2) is 7.26. The van der Waals surface area contributed by atoms with E-state index in [2.05, 4.69) is 15.1 Å². The maximum Gasteiger partial charge on any atom is 0.306 e. The fraction of sp³-hybridized carbons (Fsp3) is 0.294. The molecule has 0 amide bonds. The van der Waals surface area contributed by atoms with E-state index in [0.717, 1.165) is 17.0 Å². The van der Waals surface area contributed by atoms with Crippen molar-refractivity contribution in [1.29, 1.82) is 0 Å². The van der Waals surface area contributed by atoms with Crippen molar-refractivity contribution in [1.82, 2.24) is 19.6 Å². The molecule has 0 saturated carbocycles. The lowest BCUT2D eigenvalue weighted by atomic mass is 10.1. The lowest BCUT2D eigenvalue weighted by Crippen LogP contribution is -2.10. The molecule has 0 saturated heterocycles. The molecule has 134 valence electrons. The molecule has 2 aromatic heterocycles. The molecule has 0 unspecified atom stereocenters. The maximum absolute atomic E-state index is 12.0. The summed E-state index contributed by atoms with van der Waals surface area (Å²) < 4.78 is 6.86. The molecule has 0 fully saturated rings. The first-order valence-electron chi connectivity index (χ1n) is 8.00. The highest BCUT2D eigenvalue weighted by Crippen LogP contribution is 2.16. The second-order valence-corrected chi connectivity index (χ2v) is 5.82. The van der Waals surface area contributed by atoms with Gasteiger partial charge < -0.3 is 4.74 Å². The molecule has 0 N–H and O–H groups in total. The van der Waals surface area contributed by atoms with Crippen LogP contribution in [-0.2, 0) is 22.6 Å². The number of nitro benzene ring substituents is 1. The average Bonchev–Trinajstić information content (AvgIpc) is 3.08. The molecule has 3 aromatic rings. The summed E-state index contributed by atoms with van der Waals surface area (Å²) in [5.74, 6) is 0.144. The van der Waals surface area contributed by atoms with E-state index in [-0.39, 0.29) is 24.7 Å². The second-order valence-electron chi connectivity index (χ2n) is 5.82. The van der Waals surface area contributed by atoms with Gasteiger partial charge in [-0.3, -0.25) is 14.9 Å². The number of fused-ring (bicyclic) bond motifs is 1. The molecule has 9 nitrogen and oxygen atoms in total. The van der Waals surface area contributed by atoms with Crippen LogP contribution in [0.5, 0.6) is 0 Å². The van der Waals surface area contributed by atoms with Crippen LogP contribution in [0.3, 0.4) is 0 Å². The number of nitrogens with zero attached hydrogens (tertiary/aromatic N) is 5. The van der Waals surface area contributed by atoms with Crippen molar-refractivity contribution < 1.29 is 14.5 Å². The fourth-order valence-electron chi connectivity index (χ4n) is 2.74. The number of hydrogen-bond acceptors (Lipinski definition) is 7. The van der Waals surface area contributed by atoms with Gasteiger partial charge in [0.05, 0.1) is 4.92 Å². The van der Waals surface area contributed by atoms with Crippen LogP contribution in [0.15, 0.2) is 30.6 Å². The third-order valence-electron chi connectivity index (χ3n) is 4.09. The van der Waals surface area contributed by atoms with Gasteiger partial charge in [0.15, 0.2) is 0 Å². The number of non-ortho nitro benzene ring substituents is 1. The third-order valence-corrected chi connectivity index (χ3v) is 4.09. The molecule has 0 aliphatic rings. The van der Waals surface area contributed by atoms with E-state index in [1.807, 2.05) is 13.8 Å². The van der Waals surface area contributed by atoms with Gasteiger partial charge in [0.1, 0.15) is 12.9 Å². The number of aromatic nitrogens is 4. The molecular weight excluding hydrogens is 338 g/mol. The molecule has 9 heteroatoms. The van der Waals surface area contributed by atoms with Crippen LogP contribution in [0.1, 0.15) is 28.9 Å². The van der Waals surface area contributed by atoms with E-state index in [4.69, 9.17) is 4.74 Å². The Bertz CT molecular complexity index is 982. The summed E-state index contributed by atoms with van der Waals surface area (Å²) in [5, 5.41) is 14.9. The first-order valence-corrected chi connectivity index (χ1v) is 8.00. The van der Waals surface area contributed by atoms with Crippen LogP contribution >= 0.6 is 0 Å². The van der Waals surface area contributed by atoms with E-state index in [9.17, 15) is 14.9 Å². The number of benzene rings is 1. The largest absolute Gasteiger partial charge is 0.461 e. The van der Waals surface area contributed by atoms with Crippen LogP contribution < -0.4 is 0 Å². The number of aryl methyl sites for hydroxylation is 2. The number of esters is 1. The number of carbonyl (C=O) groups is 1. The van der Waals surface area contributed by atoms with Gasteiger partial charge in [-0.05, 0) is 31.4 Å². The van der Waals surface area contributed by atoms with Crippen molar-refractivity contribution in [2.75, 3.05) is 0 Å². The normalized spacial score (nSPS) is 10.8. The van der Waals surface area contributed by atoms with Crippen LogP contribution in [0, 0.1) is 24.0 Å². The summed E-state index contributed by atoms with van der Waals surface area (Å²) in [6.45, 7) is 3.77. The summed E-state index contributed by atoms with van der Waals surface area (Å²) in [6.07, 6.45) is 2.08. The molecule has 0 aliphatic heterocycles. The Kier molecular flexibility index (Phi) is 4.87. The van der Waals surface area contributed by atoms with Gasteiger partial charge in [0.25, 0.3) is 11.5 Å². The summed E-state index contributed by atoms with van der Waals surface area (Å²) in [5.41, 5.74) is 3.16. The van der Waals surface area contributed by atoms with E-state index in [1.54, 1.807) is 16.6 Å². The van der Waals surface area contributed by atoms with Crippen molar-refractivity contribution in [3.8, 4) is 0 Å². The van der Waals surface area contributed by atoms with Crippen LogP contribution in [0.4, 0.5) is 5.69 Å². The van der Waals surface area contributed by atoms with Crippen molar-refractivity contribution in [2.45, 2.75) is 33.3 Å². The highest BCUT2D eigenvalue weighted by molar-refractivity contribution is 5.69. The van der Waals surface area contributed by atoms with Gasteiger partial charge in [-0.1, -0.05) is 12.1 Å². The monoisotopic (exact) mass is 355 g/mol. The Balaban J connectivity index is 1.61. The van der Waals surface area contributed by atoms with Gasteiger partial charge in [-0.25, -0.2) is 9.50 Å². The summed E-state index contributed by atoms with van der Waals surface area (Å²) in [7, 11) is 0. The van der Waals surface area contributed by atoms with Gasteiger partial charge in [0.2, 0.25) is 0 Å². The Hall–Kier alpha value is -3.36. The lowest BCUT2D eigenvalue weighted by Gasteiger charge is -2.10. The van der Waals surface area contributed by atoms with E-state index >= 15 is 0 Å². The highest BCUT2D eigenvalue weighted by atomic mass is 16.6. The molecule has 3 rings (SSSR count). The maximum atomic E-state index is 12.0. The van der Waals surface area contributed by atoms with E-state index in [0.29, 0.717) is 17.8 Å². The standard InChI is InChI=1S/C17H17N5O4/c1-11-15(12(2)21-17(20-11)18-10-19-21)6-7-16(23)26-9-13-4-3-5-14(8-13)22(24)25/h3-5,8,10H,6-7,9H2,1-2H3. The van der Waals surface area contributed by atoms with Crippen molar-refractivity contribution in [3.05, 3.63) is 63.2 Å². The van der Waals surface area contributed by atoms with Gasteiger partial charge in [-0.15, -0.1) is 0 Å². The zero-order chi connectivity index (χ0) is 18.7. The van der Waals surface area contributed by atoms with E-state index < -0.39 is 4.92 Å². The Morgan fingerprint density at radius 3 is 2.92 bits per heavy atom. The first-order chi connectivity index (χ1) is 12.5. The number of rotatable bonds is 6. The third kappa shape index (κ3) is 3.66. The van der Waals surface area contributed by atoms with Gasteiger partial charge in [-0.2, -0.15) is 10.1 Å². The summed E-state index contributed by atoms with van der Waals surface area (Å²) in [4.78, 5) is 30.7. The smallest absolute Gasteiger partial charge is 0.306 e. The number of ether oxygens (including phenoxy) is 1. The minimum Gasteiger partial charge on any atom is -0.461 e. The predicted octanol–water partition coefficient (Wildman–Crippen LogP) is 2.33. The molecule has 2 heterocycles. The lowest BCUT2D eigenvalue weighted by molar-refractivity contribution is -0.384. The SMILES string of the molecule is Cc1nc2ncnn2c(C)c1CCC(=O)OCc1cccc([N+](=O)[O-])c1. The number of hydrogen-bond donors (Lipinski definition) is 0. The molecule has 0 radical (unpaired) electrons. The minimum atomic E-state index is -0.482. The number of nitro groups is 1. The zero-order valence-electron chi connectivity index (χ0n) is 14.4. The Morgan fingerprint density at radius 1 is 1.35 bits per heavy atom. The summed E-state index contributed by atoms with van der Waals surface area (Å²) in [6, 6.07) is 6.03. The first kappa shape index (κ1) is 17.5. The van der Waals surface area contributed by atoms with Crippen LogP contribution in [0.25, 0.3) is 5.78 Å². The van der Waals surface area contributed by atoms with Crippen molar-refractivity contribution >= 4 is 17.4 Å². The molecule has 0 spiro atoms. The topological polar surface area (TPSA) is 113 Å². The molecule has 0 aliphatic carbocycles. The molecule has 26 heavy (non-hydrogen) atoms. The van der Waals surface area contributed by atoms with Crippen LogP contribution in [-0.4, -0.2) is 30.5 Å². The van der Waals surface area contributed by atoms with Crippen molar-refractivity contribution in [3.63, 3.8) is 0 Å². The van der Waals surface area contributed by atoms with Crippen molar-refractivity contribution in [2.24, 2.45) is 0 Å². The number of carbonyl (C=O) groups excluding carboxylic acids is 1. The molecule has 0 atom stereocenters. The predicted molar refractivity (Wildman–Crippen MR) is 91.5 cm³/mol. The van der Waals surface area contributed by atoms with Gasteiger partial charge >= 0.3 is 5.97 Å². The zero-order valence-corrected chi connectivity index (χ0v) is 14.4. The average molecular weight is 355 g/mol. The van der Waals surface area contributed by atoms with Gasteiger partial charge in [0, 0.05) is 29.9 Å². The van der Waals surface area contributed by atoms with Crippen LogP contribution in [0.2, 0.25) is 0 Å². The Morgan fingerprint density at radius 2 is 2.15 bits per heavy atom. The Labute approximate surface area is 148 Å². The summed E-state index contributed by atoms with van der Waals surface area (Å²) >= 11 is 0. The fourth-order valence-corrected chi connectivity index (χ4v) is 2.74. The highest BCUT2D eigenvalue weighted by Gasteiger charge is 2.13. The quantitative estimate of drug-likeness (QED) is 0.379. The molecular formula is C17H17N5O4.